The van der Waals surface area contributed by atoms with Gasteiger partial charge >= 0.3 is 5.97 Å². The van der Waals surface area contributed by atoms with Gasteiger partial charge in [-0.3, -0.25) is 9.79 Å². The van der Waals surface area contributed by atoms with Crippen LogP contribution in [-0.4, -0.2) is 52.7 Å². The fourth-order valence-corrected chi connectivity index (χ4v) is 1.84. The van der Waals surface area contributed by atoms with Crippen LogP contribution in [0.2, 0.25) is 0 Å². The van der Waals surface area contributed by atoms with Crippen molar-refractivity contribution in [1.29, 1.82) is 0 Å². The number of ether oxygens (including phenoxy) is 1. The predicted octanol–water partition coefficient (Wildman–Crippen LogP) is -0.407. The Hall–Kier alpha value is -1.79. The molecule has 1 fully saturated rings. The molecule has 0 aromatic heterocycles. The Bertz CT molecular complexity index is 386. The van der Waals surface area contributed by atoms with E-state index in [9.17, 15) is 14.7 Å². The number of aliphatic imine (C=N–C) groups is 1. The van der Waals surface area contributed by atoms with Crippen molar-refractivity contribution in [1.82, 2.24) is 4.90 Å². The van der Waals surface area contributed by atoms with Gasteiger partial charge in [0.25, 0.3) is 0 Å². The highest BCUT2D eigenvalue weighted by molar-refractivity contribution is 5.86. The number of carbonyl (C=O) groups is 2. The topological polar surface area (TPSA) is 102 Å². The van der Waals surface area contributed by atoms with Crippen molar-refractivity contribution in [3.05, 3.63) is 0 Å². The van der Waals surface area contributed by atoms with Crippen LogP contribution in [0.1, 0.15) is 33.6 Å². The average Bonchev–Trinajstić information content (AvgIpc) is 2.72. The van der Waals surface area contributed by atoms with Crippen molar-refractivity contribution in [2.45, 2.75) is 45.3 Å². The minimum Gasteiger partial charge on any atom is -0.595 e. The van der Waals surface area contributed by atoms with Crippen molar-refractivity contribution in [2.24, 2.45) is 4.99 Å². The predicted molar refractivity (Wildman–Crippen MR) is 65.5 cm³/mol. The second-order valence-electron chi connectivity index (χ2n) is 5.38. The Kier molecular flexibility index (Phi) is 4.74. The number of hydrogen-bond donors (Lipinski definition) is 1. The van der Waals surface area contributed by atoms with Crippen LogP contribution in [0.15, 0.2) is 4.99 Å². The molecule has 0 spiro atoms. The molecule has 7 heteroatoms. The molecule has 0 aromatic rings. The highest BCUT2D eigenvalue weighted by atomic mass is 16.6. The number of carboxylic acid groups (broad SMARTS) is 1. The van der Waals surface area contributed by atoms with E-state index in [1.807, 2.05) is 0 Å². The van der Waals surface area contributed by atoms with Gasteiger partial charge in [-0.25, -0.2) is 4.79 Å². The van der Waals surface area contributed by atoms with E-state index in [4.69, 9.17) is 9.84 Å². The summed E-state index contributed by atoms with van der Waals surface area (Å²) in [7, 11) is 0. The molecule has 108 valence electrons. The van der Waals surface area contributed by atoms with Crippen LogP contribution in [-0.2, 0) is 14.3 Å². The van der Waals surface area contributed by atoms with Crippen LogP contribution >= 0.6 is 0 Å². The van der Waals surface area contributed by atoms with E-state index in [2.05, 4.69) is 4.99 Å². The van der Waals surface area contributed by atoms with Gasteiger partial charge in [-0.2, -0.15) is 0 Å². The zero-order valence-electron chi connectivity index (χ0n) is 11.4. The van der Waals surface area contributed by atoms with Gasteiger partial charge in [0, 0.05) is 12.1 Å². The standard InChI is InChI=1S/C12H20N2O5/c1-12(2,3)19-11(18)13-7-9(15)14-6-4-5-8(14)10(16)17/h8H,4-7H2,1-3H3,(H,13,18)(H,16,17)/p-1. The number of rotatable bonds is 3. The third kappa shape index (κ3) is 4.76. The molecule has 1 atom stereocenters. The number of aliphatic carboxylic acids is 1. The highest BCUT2D eigenvalue weighted by Crippen LogP contribution is 2.17. The maximum Gasteiger partial charge on any atom is 0.326 e. The Balaban J connectivity index is 2.55. The largest absolute Gasteiger partial charge is 0.595 e. The molecule has 1 unspecified atom stereocenters. The Morgan fingerprint density at radius 3 is 2.63 bits per heavy atom. The van der Waals surface area contributed by atoms with E-state index < -0.39 is 29.6 Å². The molecule has 1 aliphatic heterocycles. The summed E-state index contributed by atoms with van der Waals surface area (Å²) < 4.78 is 4.93. The number of hydrogen-bond acceptors (Lipinski definition) is 5. The molecular weight excluding hydrogens is 252 g/mol. The molecular formula is C12H19N2O5-. The lowest BCUT2D eigenvalue weighted by molar-refractivity contribution is -0.260. The fourth-order valence-electron chi connectivity index (χ4n) is 1.84. The zero-order valence-corrected chi connectivity index (χ0v) is 11.4. The number of likely N-dealkylation sites (tertiary alicyclic amines) is 1. The van der Waals surface area contributed by atoms with Crippen molar-refractivity contribution in [2.75, 3.05) is 13.1 Å². The Morgan fingerprint density at radius 1 is 1.47 bits per heavy atom. The zero-order chi connectivity index (χ0) is 14.6. The molecule has 0 aliphatic carbocycles. The van der Waals surface area contributed by atoms with E-state index in [-0.39, 0.29) is 6.54 Å². The van der Waals surface area contributed by atoms with E-state index >= 15 is 0 Å². The summed E-state index contributed by atoms with van der Waals surface area (Å²) in [6, 6.07) is -0.804. The summed E-state index contributed by atoms with van der Waals surface area (Å²) >= 11 is 0. The summed E-state index contributed by atoms with van der Waals surface area (Å²) in [5, 5.41) is 20.3. The first kappa shape index (κ1) is 15.3. The molecule has 1 aliphatic rings. The first-order valence-corrected chi connectivity index (χ1v) is 6.13. The SMILES string of the molecule is CC(C)(C)OC([O-])=NCC(=O)N1CCCC1C(=O)O. The second kappa shape index (κ2) is 5.90. The van der Waals surface area contributed by atoms with Gasteiger partial charge < -0.3 is 19.8 Å². The third-order valence-corrected chi connectivity index (χ3v) is 2.60. The van der Waals surface area contributed by atoms with Crippen LogP contribution < -0.4 is 5.11 Å². The van der Waals surface area contributed by atoms with E-state index in [1.54, 1.807) is 20.8 Å². The van der Waals surface area contributed by atoms with Crippen molar-refractivity contribution < 1.29 is 24.5 Å². The second-order valence-corrected chi connectivity index (χ2v) is 5.38. The molecule has 1 heterocycles. The van der Waals surface area contributed by atoms with Gasteiger partial charge in [0.15, 0.2) is 0 Å². The lowest BCUT2D eigenvalue weighted by Gasteiger charge is -2.29. The molecule has 19 heavy (non-hydrogen) atoms. The summed E-state index contributed by atoms with van der Waals surface area (Å²) in [5.74, 6) is -1.49. The molecule has 7 nitrogen and oxygen atoms in total. The van der Waals surface area contributed by atoms with Gasteiger partial charge in [0.05, 0.1) is 0 Å². The summed E-state index contributed by atoms with van der Waals surface area (Å²) in [6.45, 7) is 5.11. The van der Waals surface area contributed by atoms with Gasteiger partial charge in [-0.15, -0.1) is 0 Å². The van der Waals surface area contributed by atoms with Crippen molar-refractivity contribution >= 4 is 18.0 Å². The molecule has 0 bridgehead atoms. The van der Waals surface area contributed by atoms with Crippen molar-refractivity contribution in [3.8, 4) is 0 Å². The number of amides is 1. The fraction of sp³-hybridized carbons (Fsp3) is 0.750. The van der Waals surface area contributed by atoms with Gasteiger partial charge in [0.1, 0.15) is 18.7 Å². The molecule has 1 N–H and O–H groups in total. The normalized spacial score (nSPS) is 20.5. The van der Waals surface area contributed by atoms with Crippen LogP contribution in [0.25, 0.3) is 0 Å². The quantitative estimate of drug-likeness (QED) is 0.555. The van der Waals surface area contributed by atoms with E-state index in [1.165, 1.54) is 4.90 Å². The molecule has 0 saturated carbocycles. The van der Waals surface area contributed by atoms with Crippen LogP contribution in [0, 0.1) is 0 Å². The summed E-state index contributed by atoms with van der Waals surface area (Å²) in [5.41, 5.74) is -0.666. The van der Waals surface area contributed by atoms with Gasteiger partial charge in [-0.1, -0.05) is 20.8 Å². The summed E-state index contributed by atoms with van der Waals surface area (Å²) in [6.07, 6.45) is 0.273. The van der Waals surface area contributed by atoms with Crippen molar-refractivity contribution in [3.63, 3.8) is 0 Å². The number of carbonyl (C=O) groups excluding carboxylic acids is 1. The third-order valence-electron chi connectivity index (χ3n) is 2.60. The lowest BCUT2D eigenvalue weighted by Crippen LogP contribution is -2.42. The monoisotopic (exact) mass is 271 g/mol. The molecule has 1 amide bonds. The number of nitrogens with zero attached hydrogens (tertiary/aromatic N) is 2. The maximum atomic E-state index is 11.8. The van der Waals surface area contributed by atoms with E-state index in [0.29, 0.717) is 19.4 Å². The summed E-state index contributed by atoms with van der Waals surface area (Å²) in [4.78, 5) is 27.5. The minimum absolute atomic E-state index is 0.376. The van der Waals surface area contributed by atoms with E-state index in [0.717, 1.165) is 0 Å². The number of carboxylic acids is 1. The Labute approximate surface area is 111 Å². The molecule has 0 aromatic carbocycles. The van der Waals surface area contributed by atoms with Gasteiger partial charge in [0.2, 0.25) is 5.91 Å². The van der Waals surface area contributed by atoms with Crippen LogP contribution in [0.4, 0.5) is 0 Å². The first-order valence-electron chi connectivity index (χ1n) is 6.13. The maximum absolute atomic E-state index is 11.8. The molecule has 1 rings (SSSR count). The average molecular weight is 271 g/mol. The van der Waals surface area contributed by atoms with Crippen LogP contribution in [0.5, 0.6) is 0 Å². The smallest absolute Gasteiger partial charge is 0.326 e. The highest BCUT2D eigenvalue weighted by Gasteiger charge is 2.33. The molecule has 1 saturated heterocycles. The molecule has 0 radical (unpaired) electrons. The lowest BCUT2D eigenvalue weighted by atomic mass is 10.2. The minimum atomic E-state index is -1.02. The van der Waals surface area contributed by atoms with Crippen LogP contribution in [0.3, 0.4) is 0 Å². The Morgan fingerprint density at radius 2 is 2.11 bits per heavy atom. The van der Waals surface area contributed by atoms with Gasteiger partial charge in [-0.05, 0) is 12.8 Å². The first-order chi connectivity index (χ1) is 8.70.